The number of halogens is 1. The summed E-state index contributed by atoms with van der Waals surface area (Å²) in [5.41, 5.74) is 2.88. The van der Waals surface area contributed by atoms with Gasteiger partial charge in [0, 0.05) is 12.3 Å². The second-order valence-corrected chi connectivity index (χ2v) is 4.94. The molecule has 0 spiro atoms. The van der Waals surface area contributed by atoms with Crippen LogP contribution >= 0.6 is 11.6 Å². The highest BCUT2D eigenvalue weighted by Gasteiger charge is 2.10. The van der Waals surface area contributed by atoms with E-state index in [1.807, 2.05) is 12.1 Å². The van der Waals surface area contributed by atoms with Gasteiger partial charge in [-0.05, 0) is 55.0 Å². The van der Waals surface area contributed by atoms with Crippen LogP contribution in [0.2, 0.25) is 5.15 Å². The van der Waals surface area contributed by atoms with Gasteiger partial charge < -0.3 is 4.74 Å². The van der Waals surface area contributed by atoms with E-state index in [-0.39, 0.29) is 0 Å². The zero-order valence-electron chi connectivity index (χ0n) is 10.0. The molecular weight excluding hydrogens is 246 g/mol. The highest BCUT2D eigenvalue weighted by atomic mass is 35.5. The van der Waals surface area contributed by atoms with Crippen molar-refractivity contribution in [1.29, 1.82) is 0 Å². The Morgan fingerprint density at radius 2 is 1.72 bits per heavy atom. The minimum Gasteiger partial charge on any atom is -0.457 e. The highest BCUT2D eigenvalue weighted by molar-refractivity contribution is 6.29. The number of hydrogen-bond donors (Lipinski definition) is 0. The van der Waals surface area contributed by atoms with Gasteiger partial charge in [-0.15, -0.1) is 0 Å². The van der Waals surface area contributed by atoms with Crippen molar-refractivity contribution in [3.63, 3.8) is 0 Å². The van der Waals surface area contributed by atoms with E-state index in [1.165, 1.54) is 30.4 Å². The summed E-state index contributed by atoms with van der Waals surface area (Å²) in [6.45, 7) is 0. The van der Waals surface area contributed by atoms with Gasteiger partial charge >= 0.3 is 0 Å². The molecule has 1 aromatic carbocycles. The third kappa shape index (κ3) is 2.49. The average Bonchev–Trinajstić information content (AvgIpc) is 2.39. The van der Waals surface area contributed by atoms with Crippen LogP contribution in [0.1, 0.15) is 24.0 Å². The average molecular weight is 260 g/mol. The van der Waals surface area contributed by atoms with Crippen molar-refractivity contribution >= 4 is 11.6 Å². The van der Waals surface area contributed by atoms with Crippen LogP contribution in [0.5, 0.6) is 11.5 Å². The maximum atomic E-state index is 5.84. The summed E-state index contributed by atoms with van der Waals surface area (Å²) < 4.78 is 5.80. The molecule has 1 aliphatic carbocycles. The number of rotatable bonds is 2. The molecule has 2 nitrogen and oxygen atoms in total. The number of pyridine rings is 1. The summed E-state index contributed by atoms with van der Waals surface area (Å²) >= 11 is 5.84. The first kappa shape index (κ1) is 11.5. The first-order valence-corrected chi connectivity index (χ1v) is 6.60. The summed E-state index contributed by atoms with van der Waals surface area (Å²) in [5.74, 6) is 1.60. The van der Waals surface area contributed by atoms with Gasteiger partial charge in [0.15, 0.2) is 0 Å². The topological polar surface area (TPSA) is 22.1 Å². The maximum absolute atomic E-state index is 5.84. The van der Waals surface area contributed by atoms with Gasteiger partial charge in [0.1, 0.15) is 16.7 Å². The van der Waals surface area contributed by atoms with E-state index in [9.17, 15) is 0 Å². The van der Waals surface area contributed by atoms with Crippen LogP contribution in [0, 0.1) is 0 Å². The quantitative estimate of drug-likeness (QED) is 0.746. The summed E-state index contributed by atoms with van der Waals surface area (Å²) in [7, 11) is 0. The predicted molar refractivity (Wildman–Crippen MR) is 72.4 cm³/mol. The molecule has 0 atom stereocenters. The van der Waals surface area contributed by atoms with Crippen LogP contribution in [0.25, 0.3) is 0 Å². The molecule has 2 aromatic rings. The molecule has 1 aliphatic rings. The molecule has 92 valence electrons. The smallest absolute Gasteiger partial charge is 0.132 e. The van der Waals surface area contributed by atoms with Gasteiger partial charge in [-0.3, -0.25) is 0 Å². The van der Waals surface area contributed by atoms with E-state index in [2.05, 4.69) is 17.1 Å². The van der Waals surface area contributed by atoms with Gasteiger partial charge in [-0.2, -0.15) is 0 Å². The lowest BCUT2D eigenvalue weighted by atomic mass is 9.92. The Morgan fingerprint density at radius 3 is 2.56 bits per heavy atom. The van der Waals surface area contributed by atoms with E-state index in [1.54, 1.807) is 12.3 Å². The number of benzene rings is 1. The van der Waals surface area contributed by atoms with Gasteiger partial charge in [-0.1, -0.05) is 17.7 Å². The number of aromatic nitrogens is 1. The Hall–Kier alpha value is -1.54. The first-order valence-electron chi connectivity index (χ1n) is 6.22. The van der Waals surface area contributed by atoms with E-state index < -0.39 is 0 Å². The van der Waals surface area contributed by atoms with Crippen molar-refractivity contribution in [2.24, 2.45) is 0 Å². The SMILES string of the molecule is Clc1cc(Oc2ccc3c(c2)CCCC3)ccn1. The fourth-order valence-electron chi connectivity index (χ4n) is 2.36. The van der Waals surface area contributed by atoms with Crippen LogP contribution in [-0.2, 0) is 12.8 Å². The molecule has 1 heterocycles. The second kappa shape index (κ2) is 4.99. The standard InChI is InChI=1S/C15H14ClNO/c16-15-10-14(7-8-17-15)18-13-6-5-11-3-1-2-4-12(11)9-13/h5-10H,1-4H2. The Labute approximate surface area is 112 Å². The van der Waals surface area contributed by atoms with Crippen LogP contribution in [-0.4, -0.2) is 4.98 Å². The molecule has 0 fully saturated rings. The zero-order valence-corrected chi connectivity index (χ0v) is 10.8. The molecule has 18 heavy (non-hydrogen) atoms. The van der Waals surface area contributed by atoms with Gasteiger partial charge in [-0.25, -0.2) is 4.98 Å². The van der Waals surface area contributed by atoms with Crippen molar-refractivity contribution in [3.05, 3.63) is 52.8 Å². The third-order valence-corrected chi connectivity index (χ3v) is 3.46. The fraction of sp³-hybridized carbons (Fsp3) is 0.267. The van der Waals surface area contributed by atoms with Crippen LogP contribution in [0.4, 0.5) is 0 Å². The summed E-state index contributed by atoms with van der Waals surface area (Å²) in [5, 5.41) is 0.450. The monoisotopic (exact) mass is 259 g/mol. The maximum Gasteiger partial charge on any atom is 0.132 e. The lowest BCUT2D eigenvalue weighted by Crippen LogP contribution is -2.02. The second-order valence-electron chi connectivity index (χ2n) is 4.55. The zero-order chi connectivity index (χ0) is 12.4. The van der Waals surface area contributed by atoms with Gasteiger partial charge in [0.2, 0.25) is 0 Å². The van der Waals surface area contributed by atoms with Crippen molar-refractivity contribution in [2.75, 3.05) is 0 Å². The Morgan fingerprint density at radius 1 is 0.944 bits per heavy atom. The first-order chi connectivity index (χ1) is 8.81. The largest absolute Gasteiger partial charge is 0.457 e. The Balaban J connectivity index is 1.85. The lowest BCUT2D eigenvalue weighted by molar-refractivity contribution is 0.480. The molecule has 0 amide bonds. The molecule has 0 aliphatic heterocycles. The molecule has 0 radical (unpaired) electrons. The Bertz CT molecular complexity index is 568. The molecule has 0 N–H and O–H groups in total. The summed E-state index contributed by atoms with van der Waals surface area (Å²) in [4.78, 5) is 3.94. The normalized spacial score (nSPS) is 14.1. The van der Waals surface area contributed by atoms with Gasteiger partial charge in [0.05, 0.1) is 0 Å². The molecule has 0 saturated carbocycles. The highest BCUT2D eigenvalue weighted by Crippen LogP contribution is 2.28. The summed E-state index contributed by atoms with van der Waals surface area (Å²) in [6.07, 6.45) is 6.57. The van der Waals surface area contributed by atoms with Crippen LogP contribution < -0.4 is 4.74 Å². The van der Waals surface area contributed by atoms with Crippen molar-refractivity contribution < 1.29 is 4.74 Å². The van der Waals surface area contributed by atoms with E-state index in [0.717, 1.165) is 17.9 Å². The molecule has 1 aromatic heterocycles. The molecular formula is C15H14ClNO. The minimum atomic E-state index is 0.450. The fourth-order valence-corrected chi connectivity index (χ4v) is 2.52. The Kier molecular flexibility index (Phi) is 3.20. The third-order valence-electron chi connectivity index (χ3n) is 3.25. The van der Waals surface area contributed by atoms with Crippen LogP contribution in [0.3, 0.4) is 0 Å². The molecule has 0 bridgehead atoms. The lowest BCUT2D eigenvalue weighted by Gasteiger charge is -2.16. The van der Waals surface area contributed by atoms with E-state index in [4.69, 9.17) is 16.3 Å². The number of hydrogen-bond acceptors (Lipinski definition) is 2. The van der Waals surface area contributed by atoms with E-state index >= 15 is 0 Å². The molecule has 3 rings (SSSR count). The minimum absolute atomic E-state index is 0.450. The summed E-state index contributed by atoms with van der Waals surface area (Å²) in [6, 6.07) is 9.88. The van der Waals surface area contributed by atoms with Crippen molar-refractivity contribution in [1.82, 2.24) is 4.98 Å². The number of ether oxygens (including phenoxy) is 1. The van der Waals surface area contributed by atoms with E-state index in [0.29, 0.717) is 5.15 Å². The van der Waals surface area contributed by atoms with Gasteiger partial charge in [0.25, 0.3) is 0 Å². The van der Waals surface area contributed by atoms with Crippen LogP contribution in [0.15, 0.2) is 36.5 Å². The number of nitrogens with zero attached hydrogens (tertiary/aromatic N) is 1. The molecule has 3 heteroatoms. The number of fused-ring (bicyclic) bond motifs is 1. The van der Waals surface area contributed by atoms with Crippen molar-refractivity contribution in [2.45, 2.75) is 25.7 Å². The van der Waals surface area contributed by atoms with Crippen molar-refractivity contribution in [3.8, 4) is 11.5 Å². The molecule has 0 saturated heterocycles. The number of aryl methyl sites for hydroxylation is 2. The predicted octanol–water partition coefficient (Wildman–Crippen LogP) is 4.41. The molecule has 0 unspecified atom stereocenters.